The van der Waals surface area contributed by atoms with Crippen molar-refractivity contribution in [2.45, 2.75) is 16.3 Å². The quantitative estimate of drug-likeness (QED) is 0.852. The van der Waals surface area contributed by atoms with E-state index in [2.05, 4.69) is 14.7 Å². The first-order valence-electron chi connectivity index (χ1n) is 4.93. The average Bonchev–Trinajstić information content (AvgIpc) is 2.33. The maximum Gasteiger partial charge on any atom is 0.573 e. The highest BCUT2D eigenvalue weighted by molar-refractivity contribution is 7.99. The Kier molecular flexibility index (Phi) is 4.16. The van der Waals surface area contributed by atoms with Gasteiger partial charge in [-0.2, -0.15) is 0 Å². The second kappa shape index (κ2) is 5.66. The molecule has 0 aliphatic heterocycles. The summed E-state index contributed by atoms with van der Waals surface area (Å²) in [6, 6.07) is 5.47. The number of halogens is 4. The molecule has 0 saturated carbocycles. The second-order valence-corrected chi connectivity index (χ2v) is 4.78. The van der Waals surface area contributed by atoms with Crippen molar-refractivity contribution in [1.29, 1.82) is 0 Å². The van der Waals surface area contributed by atoms with Crippen molar-refractivity contribution in [2.75, 3.05) is 0 Å². The normalized spacial score (nSPS) is 11.4. The van der Waals surface area contributed by atoms with E-state index in [9.17, 15) is 13.2 Å². The van der Waals surface area contributed by atoms with Gasteiger partial charge in [-0.25, -0.2) is 9.97 Å². The average molecular weight is 307 g/mol. The SMILES string of the molecule is FC(F)(F)Oc1ccc(Sc2cnc(Cl)cn2)cc1. The number of aromatic nitrogens is 2. The minimum absolute atomic E-state index is 0.265. The summed E-state index contributed by atoms with van der Waals surface area (Å²) in [6.45, 7) is 0. The van der Waals surface area contributed by atoms with Crippen molar-refractivity contribution in [3.63, 3.8) is 0 Å². The number of nitrogens with zero attached hydrogens (tertiary/aromatic N) is 2. The van der Waals surface area contributed by atoms with Gasteiger partial charge in [-0.1, -0.05) is 23.4 Å². The van der Waals surface area contributed by atoms with Crippen LogP contribution in [0.15, 0.2) is 46.6 Å². The Labute approximate surface area is 115 Å². The van der Waals surface area contributed by atoms with Crippen LogP contribution in [0.25, 0.3) is 0 Å². The van der Waals surface area contributed by atoms with E-state index in [1.54, 1.807) is 0 Å². The molecule has 0 amide bonds. The molecule has 0 atom stereocenters. The van der Waals surface area contributed by atoms with Gasteiger partial charge in [0.2, 0.25) is 0 Å². The van der Waals surface area contributed by atoms with E-state index in [0.717, 1.165) is 0 Å². The highest BCUT2D eigenvalue weighted by Gasteiger charge is 2.30. The molecule has 0 aliphatic rings. The van der Waals surface area contributed by atoms with Crippen LogP contribution < -0.4 is 4.74 Å². The van der Waals surface area contributed by atoms with Gasteiger partial charge in [0.15, 0.2) is 0 Å². The third-order valence-electron chi connectivity index (χ3n) is 1.88. The lowest BCUT2D eigenvalue weighted by Crippen LogP contribution is -2.16. The fraction of sp³-hybridized carbons (Fsp3) is 0.0909. The molecule has 0 unspecified atom stereocenters. The Morgan fingerprint density at radius 3 is 2.26 bits per heavy atom. The minimum atomic E-state index is -4.68. The van der Waals surface area contributed by atoms with Gasteiger partial charge < -0.3 is 4.74 Å². The van der Waals surface area contributed by atoms with E-state index < -0.39 is 6.36 Å². The monoisotopic (exact) mass is 306 g/mol. The van der Waals surface area contributed by atoms with Crippen LogP contribution in [0.3, 0.4) is 0 Å². The zero-order valence-corrected chi connectivity index (χ0v) is 10.8. The van der Waals surface area contributed by atoms with Crippen LogP contribution in [0.1, 0.15) is 0 Å². The van der Waals surface area contributed by atoms with E-state index in [0.29, 0.717) is 9.92 Å². The summed E-state index contributed by atoms with van der Waals surface area (Å²) in [7, 11) is 0. The topological polar surface area (TPSA) is 35.0 Å². The van der Waals surface area contributed by atoms with Crippen molar-refractivity contribution in [3.8, 4) is 5.75 Å². The number of hydrogen-bond donors (Lipinski definition) is 0. The van der Waals surface area contributed by atoms with Crippen LogP contribution in [-0.4, -0.2) is 16.3 Å². The van der Waals surface area contributed by atoms with Gasteiger partial charge in [-0.05, 0) is 24.3 Å². The van der Waals surface area contributed by atoms with E-state index >= 15 is 0 Å². The third kappa shape index (κ3) is 4.60. The van der Waals surface area contributed by atoms with Crippen LogP contribution in [0.4, 0.5) is 13.2 Å². The smallest absolute Gasteiger partial charge is 0.406 e. The summed E-state index contributed by atoms with van der Waals surface area (Å²) in [5, 5.41) is 0.868. The molecule has 3 nitrogen and oxygen atoms in total. The molecule has 100 valence electrons. The number of hydrogen-bond acceptors (Lipinski definition) is 4. The lowest BCUT2D eigenvalue weighted by atomic mass is 10.3. The van der Waals surface area contributed by atoms with Gasteiger partial charge in [0.1, 0.15) is 15.9 Å². The van der Waals surface area contributed by atoms with Gasteiger partial charge in [0.05, 0.1) is 12.4 Å². The first-order chi connectivity index (χ1) is 8.92. The molecular weight excluding hydrogens is 301 g/mol. The molecule has 8 heteroatoms. The van der Waals surface area contributed by atoms with Crippen molar-refractivity contribution in [2.24, 2.45) is 0 Å². The minimum Gasteiger partial charge on any atom is -0.406 e. The maximum absolute atomic E-state index is 12.0. The summed E-state index contributed by atoms with van der Waals surface area (Å²) < 4.78 is 39.7. The molecule has 2 rings (SSSR count). The van der Waals surface area contributed by atoms with Crippen molar-refractivity contribution in [1.82, 2.24) is 9.97 Å². The summed E-state index contributed by atoms with van der Waals surface area (Å²) >= 11 is 6.84. The van der Waals surface area contributed by atoms with E-state index in [1.165, 1.54) is 48.4 Å². The Hall–Kier alpha value is -1.47. The lowest BCUT2D eigenvalue weighted by molar-refractivity contribution is -0.274. The summed E-state index contributed by atoms with van der Waals surface area (Å²) in [4.78, 5) is 8.58. The van der Waals surface area contributed by atoms with Crippen LogP contribution >= 0.6 is 23.4 Å². The summed E-state index contributed by atoms with van der Waals surface area (Å²) in [5.41, 5.74) is 0. The molecule has 0 fully saturated rings. The Morgan fingerprint density at radius 1 is 1.05 bits per heavy atom. The molecule has 0 aliphatic carbocycles. The van der Waals surface area contributed by atoms with E-state index in [4.69, 9.17) is 11.6 Å². The van der Waals surface area contributed by atoms with Crippen LogP contribution in [0.5, 0.6) is 5.75 Å². The van der Waals surface area contributed by atoms with Crippen molar-refractivity contribution in [3.05, 3.63) is 41.8 Å². The molecule has 1 heterocycles. The Bertz CT molecular complexity index is 545. The van der Waals surface area contributed by atoms with Crippen LogP contribution in [0.2, 0.25) is 5.15 Å². The van der Waals surface area contributed by atoms with E-state index in [1.807, 2.05) is 0 Å². The van der Waals surface area contributed by atoms with Crippen LogP contribution in [0, 0.1) is 0 Å². The zero-order valence-electron chi connectivity index (χ0n) is 9.19. The highest BCUT2D eigenvalue weighted by atomic mass is 35.5. The van der Waals surface area contributed by atoms with Crippen LogP contribution in [-0.2, 0) is 0 Å². The molecule has 19 heavy (non-hydrogen) atoms. The molecule has 1 aromatic heterocycles. The molecular formula is C11H6ClF3N2OS. The lowest BCUT2D eigenvalue weighted by Gasteiger charge is -2.08. The molecule has 0 spiro atoms. The summed E-state index contributed by atoms with van der Waals surface area (Å²) in [5.74, 6) is -0.265. The fourth-order valence-corrected chi connectivity index (χ4v) is 2.01. The number of benzene rings is 1. The van der Waals surface area contributed by atoms with E-state index in [-0.39, 0.29) is 10.9 Å². The molecule has 2 aromatic rings. The molecule has 0 bridgehead atoms. The highest BCUT2D eigenvalue weighted by Crippen LogP contribution is 2.29. The van der Waals surface area contributed by atoms with Gasteiger partial charge in [-0.15, -0.1) is 13.2 Å². The molecule has 0 radical (unpaired) electrons. The van der Waals surface area contributed by atoms with Gasteiger partial charge >= 0.3 is 6.36 Å². The largest absolute Gasteiger partial charge is 0.573 e. The summed E-state index contributed by atoms with van der Waals surface area (Å²) in [6.07, 6.45) is -1.81. The molecule has 0 N–H and O–H groups in total. The number of ether oxygens (including phenoxy) is 1. The van der Waals surface area contributed by atoms with Crippen molar-refractivity contribution < 1.29 is 17.9 Å². The van der Waals surface area contributed by atoms with Gasteiger partial charge in [0, 0.05) is 4.90 Å². The standard InChI is InChI=1S/C11H6ClF3N2OS/c12-9-5-17-10(6-16-9)19-8-3-1-7(2-4-8)18-11(13,14)15/h1-6H. The molecule has 0 saturated heterocycles. The Balaban J connectivity index is 2.04. The third-order valence-corrected chi connectivity index (χ3v) is 3.00. The fourth-order valence-electron chi connectivity index (χ4n) is 1.18. The van der Waals surface area contributed by atoms with Gasteiger partial charge in [0.25, 0.3) is 0 Å². The number of rotatable bonds is 3. The molecule has 1 aromatic carbocycles. The first kappa shape index (κ1) is 14.0. The van der Waals surface area contributed by atoms with Crippen molar-refractivity contribution >= 4 is 23.4 Å². The predicted molar refractivity (Wildman–Crippen MR) is 64.3 cm³/mol. The Morgan fingerprint density at radius 2 is 1.74 bits per heavy atom. The zero-order chi connectivity index (χ0) is 13.9. The predicted octanol–water partition coefficient (Wildman–Crippen LogP) is 4.18. The first-order valence-corrected chi connectivity index (χ1v) is 6.13. The number of alkyl halides is 3. The van der Waals surface area contributed by atoms with Gasteiger partial charge in [-0.3, -0.25) is 0 Å². The maximum atomic E-state index is 12.0. The second-order valence-electron chi connectivity index (χ2n) is 3.30.